The molecule has 1 heterocycles. The van der Waals surface area contributed by atoms with E-state index < -0.39 is 17.8 Å². The third-order valence-corrected chi connectivity index (χ3v) is 6.15. The summed E-state index contributed by atoms with van der Waals surface area (Å²) in [6.45, 7) is 2.01. The number of fused-ring (bicyclic) bond motifs is 2. The average molecular weight is 336 g/mol. The predicted molar refractivity (Wildman–Crippen MR) is 84.8 cm³/mol. The second kappa shape index (κ2) is 6.31. The van der Waals surface area contributed by atoms with Gasteiger partial charge in [0.2, 0.25) is 5.91 Å². The van der Waals surface area contributed by atoms with Crippen LogP contribution in [0.1, 0.15) is 41.4 Å². The Morgan fingerprint density at radius 1 is 1.22 bits per heavy atom. The van der Waals surface area contributed by atoms with Crippen molar-refractivity contribution in [3.05, 3.63) is 21.9 Å². The van der Waals surface area contributed by atoms with Gasteiger partial charge in [-0.2, -0.15) is 0 Å². The molecule has 0 aliphatic heterocycles. The summed E-state index contributed by atoms with van der Waals surface area (Å²) in [6, 6.07) is 1.80. The summed E-state index contributed by atoms with van der Waals surface area (Å²) in [5, 5.41) is 11.1. The van der Waals surface area contributed by atoms with Crippen LogP contribution in [0.2, 0.25) is 0 Å². The number of hydrazine groups is 1. The highest BCUT2D eigenvalue weighted by molar-refractivity contribution is 7.10. The van der Waals surface area contributed by atoms with Crippen LogP contribution in [0.5, 0.6) is 0 Å². The molecular weight excluding hydrogens is 316 g/mol. The van der Waals surface area contributed by atoms with Crippen LogP contribution >= 0.6 is 11.3 Å². The fraction of sp³-hybridized carbons (Fsp3) is 0.562. The van der Waals surface area contributed by atoms with Crippen LogP contribution in [0.3, 0.4) is 0 Å². The predicted octanol–water partition coefficient (Wildman–Crippen LogP) is 1.82. The van der Waals surface area contributed by atoms with Crippen molar-refractivity contribution in [1.82, 2.24) is 10.9 Å². The van der Waals surface area contributed by atoms with Gasteiger partial charge < -0.3 is 5.11 Å². The Morgan fingerprint density at radius 3 is 2.52 bits per heavy atom. The zero-order chi connectivity index (χ0) is 16.6. The van der Waals surface area contributed by atoms with Crippen LogP contribution < -0.4 is 10.9 Å². The molecule has 2 fully saturated rings. The van der Waals surface area contributed by atoms with Gasteiger partial charge in [-0.15, -0.1) is 11.3 Å². The number of thiophene rings is 1. The molecule has 0 saturated heterocycles. The number of carboxylic acids is 1. The quantitative estimate of drug-likeness (QED) is 0.731. The molecule has 0 radical (unpaired) electrons. The first kappa shape index (κ1) is 16.0. The van der Waals surface area contributed by atoms with E-state index in [1.54, 1.807) is 11.4 Å². The summed E-state index contributed by atoms with van der Waals surface area (Å²) >= 11 is 1.50. The SMILES string of the molecule is CCc1cc(C(=O)NNC(=O)[C@@H]2[C@H]3CC[C@@H](C3)[C@@H]2C(=O)O)cs1. The molecule has 0 unspecified atom stereocenters. The minimum absolute atomic E-state index is 0.0907. The number of hydrogen-bond acceptors (Lipinski definition) is 4. The number of aliphatic carboxylic acids is 1. The molecule has 1 aromatic heterocycles. The maximum atomic E-state index is 12.4. The van der Waals surface area contributed by atoms with E-state index in [0.29, 0.717) is 5.56 Å². The normalized spacial score (nSPS) is 28.6. The molecule has 23 heavy (non-hydrogen) atoms. The Kier molecular flexibility index (Phi) is 4.39. The molecule has 2 amide bonds. The summed E-state index contributed by atoms with van der Waals surface area (Å²) in [7, 11) is 0. The molecule has 7 heteroatoms. The van der Waals surface area contributed by atoms with Crippen LogP contribution in [-0.2, 0) is 16.0 Å². The first-order valence-electron chi connectivity index (χ1n) is 7.91. The van der Waals surface area contributed by atoms with E-state index in [-0.39, 0.29) is 23.7 Å². The van der Waals surface area contributed by atoms with Gasteiger partial charge in [-0.1, -0.05) is 6.92 Å². The number of carbonyl (C=O) groups is 3. The fourth-order valence-electron chi connectivity index (χ4n) is 3.98. The minimum atomic E-state index is -0.908. The Morgan fingerprint density at radius 2 is 1.91 bits per heavy atom. The molecule has 1 aromatic rings. The van der Waals surface area contributed by atoms with Gasteiger partial charge in [-0.25, -0.2) is 0 Å². The third kappa shape index (κ3) is 2.97. The van der Waals surface area contributed by atoms with Gasteiger partial charge in [-0.05, 0) is 43.6 Å². The van der Waals surface area contributed by atoms with Crippen LogP contribution in [0, 0.1) is 23.7 Å². The van der Waals surface area contributed by atoms with E-state index in [9.17, 15) is 19.5 Å². The number of amides is 2. The summed E-state index contributed by atoms with van der Waals surface area (Å²) in [5.41, 5.74) is 5.34. The summed E-state index contributed by atoms with van der Waals surface area (Å²) in [5.74, 6) is -2.63. The molecule has 3 N–H and O–H groups in total. The molecule has 6 nitrogen and oxygen atoms in total. The van der Waals surface area contributed by atoms with E-state index in [4.69, 9.17) is 0 Å². The van der Waals surface area contributed by atoms with Gasteiger partial charge in [0, 0.05) is 10.3 Å². The van der Waals surface area contributed by atoms with E-state index >= 15 is 0 Å². The number of aryl methyl sites for hydroxylation is 1. The van der Waals surface area contributed by atoms with Crippen molar-refractivity contribution >= 4 is 29.1 Å². The molecule has 2 bridgehead atoms. The van der Waals surface area contributed by atoms with E-state index in [0.717, 1.165) is 30.6 Å². The third-order valence-electron chi connectivity index (χ3n) is 5.07. The summed E-state index contributed by atoms with van der Waals surface area (Å²) in [4.78, 5) is 36.9. The summed E-state index contributed by atoms with van der Waals surface area (Å²) < 4.78 is 0. The van der Waals surface area contributed by atoms with Crippen molar-refractivity contribution < 1.29 is 19.5 Å². The Labute approximate surface area is 138 Å². The van der Waals surface area contributed by atoms with Crippen LogP contribution in [0.4, 0.5) is 0 Å². The van der Waals surface area contributed by atoms with Gasteiger partial charge in [0.25, 0.3) is 5.91 Å². The molecule has 2 aliphatic rings. The largest absolute Gasteiger partial charge is 0.481 e. The van der Waals surface area contributed by atoms with Crippen molar-refractivity contribution in [2.24, 2.45) is 23.7 Å². The zero-order valence-corrected chi connectivity index (χ0v) is 13.7. The van der Waals surface area contributed by atoms with E-state index in [1.165, 1.54) is 11.3 Å². The van der Waals surface area contributed by atoms with Crippen LogP contribution in [-0.4, -0.2) is 22.9 Å². The molecule has 2 saturated carbocycles. The fourth-order valence-corrected chi connectivity index (χ4v) is 4.80. The topological polar surface area (TPSA) is 95.5 Å². The second-order valence-corrected chi connectivity index (χ2v) is 7.32. The second-order valence-electron chi connectivity index (χ2n) is 6.32. The molecule has 0 aromatic carbocycles. The first-order valence-corrected chi connectivity index (χ1v) is 8.79. The first-order chi connectivity index (χ1) is 11.0. The highest BCUT2D eigenvalue weighted by Gasteiger charge is 2.54. The van der Waals surface area contributed by atoms with Gasteiger partial charge in [0.05, 0.1) is 17.4 Å². The Hall–Kier alpha value is -1.89. The van der Waals surface area contributed by atoms with Crippen molar-refractivity contribution in [3.63, 3.8) is 0 Å². The lowest BCUT2D eigenvalue weighted by molar-refractivity contribution is -0.149. The van der Waals surface area contributed by atoms with Crippen molar-refractivity contribution in [2.75, 3.05) is 0 Å². The maximum Gasteiger partial charge on any atom is 0.307 e. The lowest BCUT2D eigenvalue weighted by atomic mass is 9.79. The lowest BCUT2D eigenvalue weighted by Gasteiger charge is -2.26. The van der Waals surface area contributed by atoms with Crippen molar-refractivity contribution in [3.8, 4) is 0 Å². The number of carboxylic acid groups (broad SMARTS) is 1. The van der Waals surface area contributed by atoms with E-state index in [2.05, 4.69) is 10.9 Å². The highest BCUT2D eigenvalue weighted by atomic mass is 32.1. The molecular formula is C16H20N2O4S. The number of rotatable bonds is 4. The van der Waals surface area contributed by atoms with Crippen LogP contribution in [0.25, 0.3) is 0 Å². The molecule has 3 rings (SSSR count). The molecule has 0 spiro atoms. The average Bonchev–Trinajstić information content (AvgIpc) is 3.25. The van der Waals surface area contributed by atoms with Crippen molar-refractivity contribution in [2.45, 2.75) is 32.6 Å². The van der Waals surface area contributed by atoms with E-state index in [1.807, 2.05) is 6.92 Å². The zero-order valence-electron chi connectivity index (χ0n) is 12.9. The smallest absolute Gasteiger partial charge is 0.307 e. The van der Waals surface area contributed by atoms with Gasteiger partial charge in [-0.3, -0.25) is 25.2 Å². The Balaban J connectivity index is 1.60. The number of hydrogen-bond donors (Lipinski definition) is 3. The standard InChI is InChI=1S/C16H20N2O4S/c1-2-11-6-10(7-23-11)14(19)17-18-15(20)12-8-3-4-9(5-8)13(12)16(21)22/h6-9,12-13H,2-5H2,1H3,(H,17,19)(H,18,20)(H,21,22)/t8-,9-,12+,13-/m0/s1. The maximum absolute atomic E-state index is 12.4. The minimum Gasteiger partial charge on any atom is -0.481 e. The highest BCUT2D eigenvalue weighted by Crippen LogP contribution is 2.52. The summed E-state index contributed by atoms with van der Waals surface area (Å²) in [6.07, 6.45) is 3.43. The van der Waals surface area contributed by atoms with Crippen molar-refractivity contribution in [1.29, 1.82) is 0 Å². The lowest BCUT2D eigenvalue weighted by Crippen LogP contribution is -2.48. The molecule has 2 aliphatic carbocycles. The van der Waals surface area contributed by atoms with Gasteiger partial charge in [0.1, 0.15) is 0 Å². The van der Waals surface area contributed by atoms with Gasteiger partial charge >= 0.3 is 5.97 Å². The number of nitrogens with one attached hydrogen (secondary N) is 2. The molecule has 124 valence electrons. The molecule has 4 atom stereocenters. The Bertz CT molecular complexity index is 642. The number of carbonyl (C=O) groups excluding carboxylic acids is 2. The van der Waals surface area contributed by atoms with Gasteiger partial charge in [0.15, 0.2) is 0 Å². The van der Waals surface area contributed by atoms with Crippen LogP contribution in [0.15, 0.2) is 11.4 Å². The monoisotopic (exact) mass is 336 g/mol.